The van der Waals surface area contributed by atoms with E-state index in [9.17, 15) is 22.8 Å². The van der Waals surface area contributed by atoms with Crippen LogP contribution in [0.1, 0.15) is 24.0 Å². The number of nitrogens with zero attached hydrogens (tertiary/aromatic N) is 1. The molecule has 0 aliphatic carbocycles. The van der Waals surface area contributed by atoms with Crippen molar-refractivity contribution in [3.05, 3.63) is 29.3 Å². The van der Waals surface area contributed by atoms with Crippen LogP contribution < -0.4 is 5.32 Å². The smallest absolute Gasteiger partial charge is 0.334 e. The van der Waals surface area contributed by atoms with Crippen LogP contribution >= 0.6 is 0 Å². The number of rotatable bonds is 2. The van der Waals surface area contributed by atoms with Crippen LogP contribution in [0.4, 0.5) is 18.9 Å². The first-order valence-corrected chi connectivity index (χ1v) is 7.43. The number of para-hydroxylation sites is 1. The van der Waals surface area contributed by atoms with Gasteiger partial charge in [-0.1, -0.05) is 18.2 Å². The van der Waals surface area contributed by atoms with Gasteiger partial charge in [-0.15, -0.1) is 0 Å². The van der Waals surface area contributed by atoms with Gasteiger partial charge in [-0.25, -0.2) is 0 Å². The van der Waals surface area contributed by atoms with E-state index in [1.54, 1.807) is 0 Å². The number of nitrogens with one attached hydrogen (secondary N) is 1. The fourth-order valence-corrected chi connectivity index (χ4v) is 2.79. The summed E-state index contributed by atoms with van der Waals surface area (Å²) >= 11 is 0. The second kappa shape index (κ2) is 6.60. The Morgan fingerprint density at radius 2 is 1.83 bits per heavy atom. The number of anilines is 1. The van der Waals surface area contributed by atoms with Crippen molar-refractivity contribution < 1.29 is 22.8 Å². The van der Waals surface area contributed by atoms with Crippen LogP contribution in [0, 0.1) is 19.8 Å². The zero-order valence-corrected chi connectivity index (χ0v) is 13.0. The third kappa shape index (κ3) is 4.03. The number of likely N-dealkylation sites (tertiary alicyclic amines) is 1. The Balaban J connectivity index is 2.07. The lowest BCUT2D eigenvalue weighted by Gasteiger charge is -2.32. The quantitative estimate of drug-likeness (QED) is 0.907. The number of halogens is 3. The molecule has 0 spiro atoms. The van der Waals surface area contributed by atoms with E-state index in [1.807, 2.05) is 32.0 Å². The van der Waals surface area contributed by atoms with Crippen LogP contribution in [0.5, 0.6) is 0 Å². The Hall–Kier alpha value is -2.05. The predicted molar refractivity (Wildman–Crippen MR) is 79.9 cm³/mol. The number of piperidine rings is 1. The summed E-state index contributed by atoms with van der Waals surface area (Å²) in [6.45, 7) is 3.53. The average molecular weight is 328 g/mol. The summed E-state index contributed by atoms with van der Waals surface area (Å²) in [6.07, 6.45) is -4.05. The monoisotopic (exact) mass is 328 g/mol. The van der Waals surface area contributed by atoms with Gasteiger partial charge < -0.3 is 10.2 Å². The van der Waals surface area contributed by atoms with E-state index in [2.05, 4.69) is 5.32 Å². The van der Waals surface area contributed by atoms with Crippen LogP contribution in [0.3, 0.4) is 0 Å². The number of benzene rings is 1. The minimum Gasteiger partial charge on any atom is -0.334 e. The molecule has 126 valence electrons. The van der Waals surface area contributed by atoms with Gasteiger partial charge in [0.05, 0.1) is 5.92 Å². The van der Waals surface area contributed by atoms with E-state index in [0.29, 0.717) is 18.5 Å². The second-order valence-corrected chi connectivity index (χ2v) is 5.84. The van der Waals surface area contributed by atoms with Gasteiger partial charge in [-0.3, -0.25) is 9.59 Å². The molecule has 1 aromatic rings. The van der Waals surface area contributed by atoms with Gasteiger partial charge in [0.1, 0.15) is 0 Å². The Labute approximate surface area is 132 Å². The summed E-state index contributed by atoms with van der Waals surface area (Å²) < 4.78 is 37.6. The molecule has 1 fully saturated rings. The highest BCUT2D eigenvalue weighted by atomic mass is 19.4. The molecule has 1 aromatic carbocycles. The first-order chi connectivity index (χ1) is 10.7. The summed E-state index contributed by atoms with van der Waals surface area (Å²) in [6, 6.07) is 5.57. The maximum Gasteiger partial charge on any atom is 0.471 e. The van der Waals surface area contributed by atoms with Gasteiger partial charge in [0.25, 0.3) is 0 Å². The molecule has 1 N–H and O–H groups in total. The van der Waals surface area contributed by atoms with Crippen molar-refractivity contribution in [1.82, 2.24) is 4.90 Å². The molecule has 4 nitrogen and oxygen atoms in total. The van der Waals surface area contributed by atoms with E-state index in [0.717, 1.165) is 16.0 Å². The largest absolute Gasteiger partial charge is 0.471 e. The number of alkyl halides is 3. The summed E-state index contributed by atoms with van der Waals surface area (Å²) in [7, 11) is 0. The van der Waals surface area contributed by atoms with Crippen molar-refractivity contribution in [3.8, 4) is 0 Å². The molecule has 1 aliphatic heterocycles. The van der Waals surface area contributed by atoms with Crippen LogP contribution in [0.2, 0.25) is 0 Å². The van der Waals surface area contributed by atoms with Gasteiger partial charge >= 0.3 is 12.1 Å². The molecule has 0 radical (unpaired) electrons. The number of hydrogen-bond acceptors (Lipinski definition) is 2. The Morgan fingerprint density at radius 1 is 1.22 bits per heavy atom. The molecule has 1 heterocycles. The molecule has 1 atom stereocenters. The zero-order valence-electron chi connectivity index (χ0n) is 13.0. The zero-order chi connectivity index (χ0) is 17.2. The van der Waals surface area contributed by atoms with Crippen LogP contribution in [-0.4, -0.2) is 36.0 Å². The molecular weight excluding hydrogens is 309 g/mol. The van der Waals surface area contributed by atoms with Crippen LogP contribution in [-0.2, 0) is 9.59 Å². The van der Waals surface area contributed by atoms with Gasteiger partial charge in [0.2, 0.25) is 5.91 Å². The number of hydrogen-bond donors (Lipinski definition) is 1. The highest BCUT2D eigenvalue weighted by molar-refractivity contribution is 5.94. The first-order valence-electron chi connectivity index (χ1n) is 7.43. The minimum absolute atomic E-state index is 0.0332. The first kappa shape index (κ1) is 17.3. The molecule has 0 bridgehead atoms. The number of aryl methyl sites for hydroxylation is 2. The summed E-state index contributed by atoms with van der Waals surface area (Å²) in [4.78, 5) is 24.4. The lowest BCUT2D eigenvalue weighted by Crippen LogP contribution is -2.48. The highest BCUT2D eigenvalue weighted by Gasteiger charge is 2.44. The van der Waals surface area contributed by atoms with Gasteiger partial charge in [0, 0.05) is 18.8 Å². The molecular formula is C16H19F3N2O2. The Bertz CT molecular complexity index is 594. The predicted octanol–water partition coefficient (Wildman–Crippen LogP) is 3.04. The maximum atomic E-state index is 12.5. The third-order valence-electron chi connectivity index (χ3n) is 4.05. The van der Waals surface area contributed by atoms with E-state index < -0.39 is 18.0 Å². The summed E-state index contributed by atoms with van der Waals surface area (Å²) in [5.41, 5.74) is 2.45. The fraction of sp³-hybridized carbons (Fsp3) is 0.500. The van der Waals surface area contributed by atoms with Gasteiger partial charge in [-0.2, -0.15) is 13.2 Å². The lowest BCUT2D eigenvalue weighted by atomic mass is 9.96. The fourth-order valence-electron chi connectivity index (χ4n) is 2.79. The van der Waals surface area contributed by atoms with E-state index >= 15 is 0 Å². The summed E-state index contributed by atoms with van der Waals surface area (Å²) in [5, 5.41) is 2.79. The lowest BCUT2D eigenvalue weighted by molar-refractivity contribution is -0.187. The minimum atomic E-state index is -4.90. The standard InChI is InChI=1S/C16H19F3N2O2/c1-10-5-3-6-11(2)13(10)20-14(22)12-7-4-8-21(9-12)15(23)16(17,18)19/h3,5-6,12H,4,7-9H2,1-2H3,(H,20,22). The van der Waals surface area contributed by atoms with E-state index in [1.165, 1.54) is 0 Å². The average Bonchev–Trinajstić information content (AvgIpc) is 2.49. The second-order valence-electron chi connectivity index (χ2n) is 5.84. The van der Waals surface area contributed by atoms with Crippen LogP contribution in [0.25, 0.3) is 0 Å². The van der Waals surface area contributed by atoms with Crippen molar-refractivity contribution in [2.75, 3.05) is 18.4 Å². The van der Waals surface area contributed by atoms with Crippen molar-refractivity contribution in [2.24, 2.45) is 5.92 Å². The Kier molecular flexibility index (Phi) is 4.97. The normalized spacial score (nSPS) is 18.7. The van der Waals surface area contributed by atoms with Crippen molar-refractivity contribution >= 4 is 17.5 Å². The van der Waals surface area contributed by atoms with Crippen molar-refractivity contribution in [1.29, 1.82) is 0 Å². The van der Waals surface area contributed by atoms with Gasteiger partial charge in [-0.05, 0) is 37.8 Å². The van der Waals surface area contributed by atoms with E-state index in [4.69, 9.17) is 0 Å². The molecule has 0 saturated carbocycles. The SMILES string of the molecule is Cc1cccc(C)c1NC(=O)C1CCCN(C(=O)C(F)(F)F)C1. The van der Waals surface area contributed by atoms with E-state index in [-0.39, 0.29) is 19.0 Å². The van der Waals surface area contributed by atoms with Crippen molar-refractivity contribution in [3.63, 3.8) is 0 Å². The summed E-state index contributed by atoms with van der Waals surface area (Å²) in [5.74, 6) is -2.85. The van der Waals surface area contributed by atoms with Crippen LogP contribution in [0.15, 0.2) is 18.2 Å². The third-order valence-corrected chi connectivity index (χ3v) is 4.05. The molecule has 2 amide bonds. The van der Waals surface area contributed by atoms with Crippen molar-refractivity contribution in [2.45, 2.75) is 32.9 Å². The molecule has 1 unspecified atom stereocenters. The highest BCUT2D eigenvalue weighted by Crippen LogP contribution is 2.26. The topological polar surface area (TPSA) is 49.4 Å². The molecule has 7 heteroatoms. The van der Waals surface area contributed by atoms with Gasteiger partial charge in [0.15, 0.2) is 0 Å². The Morgan fingerprint density at radius 3 is 2.39 bits per heavy atom. The molecule has 2 rings (SSSR count). The molecule has 0 aromatic heterocycles. The number of amides is 2. The molecule has 1 saturated heterocycles. The molecule has 23 heavy (non-hydrogen) atoms. The maximum absolute atomic E-state index is 12.5. The number of carbonyl (C=O) groups is 2. The number of carbonyl (C=O) groups excluding carboxylic acids is 2. The molecule has 1 aliphatic rings.